The maximum Gasteiger partial charge on any atom is 0.191 e. The fourth-order valence-electron chi connectivity index (χ4n) is 1.90. The third-order valence-corrected chi connectivity index (χ3v) is 3.55. The van der Waals surface area contributed by atoms with E-state index in [9.17, 15) is 0 Å². The Morgan fingerprint density at radius 1 is 1.23 bits per heavy atom. The van der Waals surface area contributed by atoms with Gasteiger partial charge in [-0.15, -0.1) is 24.0 Å². The van der Waals surface area contributed by atoms with Crippen molar-refractivity contribution >= 4 is 29.9 Å². The number of aliphatic imine (C=N–C) groups is 1. The van der Waals surface area contributed by atoms with Gasteiger partial charge >= 0.3 is 0 Å². The zero-order chi connectivity index (χ0) is 15.7. The number of para-hydroxylation sites is 1. The van der Waals surface area contributed by atoms with Crippen LogP contribution in [0.3, 0.4) is 0 Å². The summed E-state index contributed by atoms with van der Waals surface area (Å²) in [5.41, 5.74) is 1.19. The first-order valence-electron chi connectivity index (χ1n) is 7.75. The first kappa shape index (κ1) is 21.0. The molecule has 22 heavy (non-hydrogen) atoms. The van der Waals surface area contributed by atoms with Gasteiger partial charge in [-0.3, -0.25) is 4.99 Å². The summed E-state index contributed by atoms with van der Waals surface area (Å²) in [5, 5.41) is 6.73. The number of rotatable bonds is 7. The quantitative estimate of drug-likeness (QED) is 0.404. The van der Waals surface area contributed by atoms with Crippen LogP contribution in [0.1, 0.15) is 33.3 Å². The molecule has 1 aromatic rings. The van der Waals surface area contributed by atoms with E-state index in [1.165, 1.54) is 5.56 Å². The van der Waals surface area contributed by atoms with Crippen molar-refractivity contribution in [3.05, 3.63) is 29.8 Å². The van der Waals surface area contributed by atoms with Gasteiger partial charge in [0.05, 0.1) is 7.11 Å². The first-order valence-corrected chi connectivity index (χ1v) is 7.75. The van der Waals surface area contributed by atoms with Gasteiger partial charge in [-0.05, 0) is 37.8 Å². The fourth-order valence-corrected chi connectivity index (χ4v) is 1.90. The maximum absolute atomic E-state index is 5.37. The lowest BCUT2D eigenvalue weighted by molar-refractivity contribution is 0.409. The van der Waals surface area contributed by atoms with Crippen molar-refractivity contribution in [2.45, 2.75) is 40.2 Å². The van der Waals surface area contributed by atoms with Gasteiger partial charge in [0.15, 0.2) is 5.96 Å². The van der Waals surface area contributed by atoms with E-state index in [1.807, 2.05) is 18.2 Å². The highest BCUT2D eigenvalue weighted by atomic mass is 127. The van der Waals surface area contributed by atoms with E-state index in [1.54, 1.807) is 7.11 Å². The third kappa shape index (κ3) is 7.33. The molecule has 1 unspecified atom stereocenters. The molecule has 1 rings (SSSR count). The monoisotopic (exact) mass is 419 g/mol. The van der Waals surface area contributed by atoms with Gasteiger partial charge in [0, 0.05) is 19.1 Å². The van der Waals surface area contributed by atoms with Crippen molar-refractivity contribution in [2.24, 2.45) is 10.9 Å². The molecule has 0 aliphatic heterocycles. The topological polar surface area (TPSA) is 45.7 Å². The minimum atomic E-state index is 0. The molecular formula is C17H30IN3O. The van der Waals surface area contributed by atoms with Crippen molar-refractivity contribution in [1.29, 1.82) is 0 Å². The highest BCUT2D eigenvalue weighted by molar-refractivity contribution is 14.0. The molecule has 0 bridgehead atoms. The number of guanidine groups is 1. The molecule has 1 aromatic carbocycles. The summed E-state index contributed by atoms with van der Waals surface area (Å²) in [6.45, 7) is 10.3. The van der Waals surface area contributed by atoms with Gasteiger partial charge in [0.25, 0.3) is 0 Å². The number of halogens is 1. The van der Waals surface area contributed by atoms with Crippen LogP contribution in [0.25, 0.3) is 0 Å². The Labute approximate surface area is 152 Å². The number of nitrogens with one attached hydrogen (secondary N) is 2. The SMILES string of the molecule is CCNC(=NCCc1ccccc1OC)NC(C)C(C)C.I. The van der Waals surface area contributed by atoms with Crippen LogP contribution in [0.15, 0.2) is 29.3 Å². The summed E-state index contributed by atoms with van der Waals surface area (Å²) in [7, 11) is 1.71. The molecule has 126 valence electrons. The summed E-state index contributed by atoms with van der Waals surface area (Å²) in [5.74, 6) is 2.39. The lowest BCUT2D eigenvalue weighted by atomic mass is 10.1. The number of nitrogens with zero attached hydrogens (tertiary/aromatic N) is 1. The molecule has 0 saturated heterocycles. The van der Waals surface area contributed by atoms with Crippen LogP contribution in [-0.2, 0) is 6.42 Å². The standard InChI is InChI=1S/C17H29N3O.HI/c1-6-18-17(20-14(4)13(2)3)19-12-11-15-9-7-8-10-16(15)21-5;/h7-10,13-14H,6,11-12H2,1-5H3,(H2,18,19,20);1H. The summed E-state index contributed by atoms with van der Waals surface area (Å²) in [6, 6.07) is 8.50. The minimum absolute atomic E-state index is 0. The number of benzene rings is 1. The molecule has 0 aromatic heterocycles. The van der Waals surface area contributed by atoms with Gasteiger partial charge in [-0.25, -0.2) is 0 Å². The third-order valence-electron chi connectivity index (χ3n) is 3.55. The summed E-state index contributed by atoms with van der Waals surface area (Å²) in [6.07, 6.45) is 0.872. The van der Waals surface area contributed by atoms with Crippen LogP contribution in [0.4, 0.5) is 0 Å². The van der Waals surface area contributed by atoms with E-state index in [4.69, 9.17) is 4.74 Å². The van der Waals surface area contributed by atoms with Crippen molar-refractivity contribution in [1.82, 2.24) is 10.6 Å². The van der Waals surface area contributed by atoms with Gasteiger partial charge in [-0.2, -0.15) is 0 Å². The van der Waals surface area contributed by atoms with E-state index in [0.717, 1.165) is 31.2 Å². The summed E-state index contributed by atoms with van der Waals surface area (Å²) >= 11 is 0. The molecule has 1 atom stereocenters. The molecule has 5 heteroatoms. The Morgan fingerprint density at radius 2 is 1.91 bits per heavy atom. The molecule has 0 aliphatic carbocycles. The Balaban J connectivity index is 0.00000441. The maximum atomic E-state index is 5.37. The van der Waals surface area contributed by atoms with E-state index >= 15 is 0 Å². The van der Waals surface area contributed by atoms with Gasteiger partial charge < -0.3 is 15.4 Å². The summed E-state index contributed by atoms with van der Waals surface area (Å²) in [4.78, 5) is 4.65. The normalized spacial score (nSPS) is 12.5. The number of ether oxygens (including phenoxy) is 1. The predicted octanol–water partition coefficient (Wildman–Crippen LogP) is 3.46. The molecular weight excluding hydrogens is 389 g/mol. The highest BCUT2D eigenvalue weighted by Crippen LogP contribution is 2.17. The van der Waals surface area contributed by atoms with Crippen LogP contribution in [0.2, 0.25) is 0 Å². The largest absolute Gasteiger partial charge is 0.496 e. The molecule has 0 heterocycles. The van der Waals surface area contributed by atoms with Crippen molar-refractivity contribution < 1.29 is 4.74 Å². The van der Waals surface area contributed by atoms with Crippen LogP contribution < -0.4 is 15.4 Å². The molecule has 4 nitrogen and oxygen atoms in total. The van der Waals surface area contributed by atoms with E-state index in [2.05, 4.69) is 49.4 Å². The number of methoxy groups -OCH3 is 1. The molecule has 0 saturated carbocycles. The van der Waals surface area contributed by atoms with Crippen LogP contribution in [0.5, 0.6) is 5.75 Å². The Bertz CT molecular complexity index is 449. The highest BCUT2D eigenvalue weighted by Gasteiger charge is 2.08. The molecule has 0 spiro atoms. The molecule has 0 aliphatic rings. The average Bonchev–Trinajstić information content (AvgIpc) is 2.47. The molecule has 0 radical (unpaired) electrons. The Morgan fingerprint density at radius 3 is 2.50 bits per heavy atom. The lowest BCUT2D eigenvalue weighted by Crippen LogP contribution is -2.44. The van der Waals surface area contributed by atoms with Crippen molar-refractivity contribution in [3.8, 4) is 5.75 Å². The van der Waals surface area contributed by atoms with Gasteiger partial charge in [0.1, 0.15) is 5.75 Å². The Kier molecular flexibility index (Phi) is 11.1. The van der Waals surface area contributed by atoms with Crippen molar-refractivity contribution in [2.75, 3.05) is 20.2 Å². The fraction of sp³-hybridized carbons (Fsp3) is 0.588. The smallest absolute Gasteiger partial charge is 0.191 e. The zero-order valence-corrected chi connectivity index (χ0v) is 16.7. The Hall–Kier alpha value is -0.980. The van der Waals surface area contributed by atoms with E-state index in [0.29, 0.717) is 12.0 Å². The second-order valence-corrected chi connectivity index (χ2v) is 5.50. The molecule has 2 N–H and O–H groups in total. The summed E-state index contributed by atoms with van der Waals surface area (Å²) < 4.78 is 5.37. The second-order valence-electron chi connectivity index (χ2n) is 5.50. The average molecular weight is 419 g/mol. The first-order chi connectivity index (χ1) is 10.1. The van der Waals surface area contributed by atoms with Crippen molar-refractivity contribution in [3.63, 3.8) is 0 Å². The lowest BCUT2D eigenvalue weighted by Gasteiger charge is -2.20. The van der Waals surface area contributed by atoms with Crippen LogP contribution in [-0.4, -0.2) is 32.2 Å². The zero-order valence-electron chi connectivity index (χ0n) is 14.3. The van der Waals surface area contributed by atoms with Crippen LogP contribution in [0, 0.1) is 5.92 Å². The predicted molar refractivity (Wildman–Crippen MR) is 106 cm³/mol. The van der Waals surface area contributed by atoms with Gasteiger partial charge in [-0.1, -0.05) is 32.0 Å². The number of hydrogen-bond donors (Lipinski definition) is 2. The second kappa shape index (κ2) is 11.6. The van der Waals surface area contributed by atoms with Crippen LogP contribution >= 0.6 is 24.0 Å². The van der Waals surface area contributed by atoms with Gasteiger partial charge in [0.2, 0.25) is 0 Å². The van der Waals surface area contributed by atoms with E-state index in [-0.39, 0.29) is 24.0 Å². The molecule has 0 fully saturated rings. The minimum Gasteiger partial charge on any atom is -0.496 e. The number of hydrogen-bond acceptors (Lipinski definition) is 2. The van der Waals surface area contributed by atoms with E-state index < -0.39 is 0 Å². The molecule has 0 amide bonds.